The predicted molar refractivity (Wildman–Crippen MR) is 84.3 cm³/mol. The van der Waals surface area contributed by atoms with Gasteiger partial charge < -0.3 is 10.2 Å². The molecule has 0 radical (unpaired) electrons. The molecule has 2 unspecified atom stereocenters. The Morgan fingerprint density at radius 2 is 2.00 bits per heavy atom. The van der Waals surface area contributed by atoms with Crippen molar-refractivity contribution >= 4 is 5.91 Å². The molecule has 1 N–H and O–H groups in total. The number of piperazine rings is 1. The lowest BCUT2D eigenvalue weighted by Gasteiger charge is -2.47. The first-order valence-electron chi connectivity index (χ1n) is 8.70. The predicted octanol–water partition coefficient (Wildman–Crippen LogP) is 0.367. The van der Waals surface area contributed by atoms with E-state index in [1.165, 1.54) is 25.8 Å². The number of rotatable bonds is 2. The summed E-state index contributed by atoms with van der Waals surface area (Å²) in [7, 11) is 0. The maximum Gasteiger partial charge on any atom is 0.237 e. The Kier molecular flexibility index (Phi) is 5.14. The van der Waals surface area contributed by atoms with Crippen LogP contribution in [0.3, 0.4) is 0 Å². The van der Waals surface area contributed by atoms with Crippen LogP contribution in [0.4, 0.5) is 0 Å². The maximum atomic E-state index is 12.7. The van der Waals surface area contributed by atoms with Crippen molar-refractivity contribution in [2.75, 3.05) is 52.4 Å². The van der Waals surface area contributed by atoms with Crippen molar-refractivity contribution < 1.29 is 4.79 Å². The van der Waals surface area contributed by atoms with E-state index in [1.807, 2.05) is 0 Å². The molecule has 3 aliphatic rings. The normalized spacial score (nSPS) is 32.5. The summed E-state index contributed by atoms with van der Waals surface area (Å²) in [6.07, 6.45) is 5.08. The number of carbonyl (C=O) groups excluding carboxylic acids is 1. The summed E-state index contributed by atoms with van der Waals surface area (Å²) in [6, 6.07) is 0.988. The van der Waals surface area contributed by atoms with Crippen LogP contribution in [0.2, 0.25) is 0 Å². The smallest absolute Gasteiger partial charge is 0.237 e. The molecule has 0 bridgehead atoms. The first-order chi connectivity index (χ1) is 10.2. The quantitative estimate of drug-likeness (QED) is 0.798. The first kappa shape index (κ1) is 15.3. The lowest BCUT2D eigenvalue weighted by atomic mass is 9.97. The van der Waals surface area contributed by atoms with Gasteiger partial charge in [-0.3, -0.25) is 14.6 Å². The van der Waals surface area contributed by atoms with Crippen LogP contribution in [-0.4, -0.2) is 85.0 Å². The third-order valence-corrected chi connectivity index (χ3v) is 5.30. The minimum Gasteiger partial charge on any atom is -0.336 e. The summed E-state index contributed by atoms with van der Waals surface area (Å²) in [5.74, 6) is 0.342. The highest BCUT2D eigenvalue weighted by Crippen LogP contribution is 2.24. The lowest BCUT2D eigenvalue weighted by molar-refractivity contribution is -0.139. The molecule has 0 aromatic rings. The van der Waals surface area contributed by atoms with Crippen LogP contribution in [0.5, 0.6) is 0 Å². The molecule has 0 aliphatic carbocycles. The third kappa shape index (κ3) is 3.76. The van der Waals surface area contributed by atoms with Crippen molar-refractivity contribution in [3.05, 3.63) is 0 Å². The largest absolute Gasteiger partial charge is 0.336 e. The molecule has 5 heteroatoms. The van der Waals surface area contributed by atoms with Crippen LogP contribution in [-0.2, 0) is 4.79 Å². The zero-order valence-electron chi connectivity index (χ0n) is 13.4. The third-order valence-electron chi connectivity index (χ3n) is 5.30. The number of hydrogen-bond acceptors (Lipinski definition) is 4. The molecule has 0 aromatic heterocycles. The van der Waals surface area contributed by atoms with E-state index < -0.39 is 0 Å². The van der Waals surface area contributed by atoms with Crippen LogP contribution < -0.4 is 5.32 Å². The van der Waals surface area contributed by atoms with E-state index in [0.29, 0.717) is 24.5 Å². The van der Waals surface area contributed by atoms with Gasteiger partial charge in [0.25, 0.3) is 0 Å². The number of hydrogen-bond donors (Lipinski definition) is 1. The second-order valence-corrected chi connectivity index (χ2v) is 6.92. The van der Waals surface area contributed by atoms with Gasteiger partial charge >= 0.3 is 0 Å². The van der Waals surface area contributed by atoms with Gasteiger partial charge in [0, 0.05) is 38.3 Å². The van der Waals surface area contributed by atoms with Gasteiger partial charge in [0.1, 0.15) is 0 Å². The molecule has 120 valence electrons. The monoisotopic (exact) mass is 294 g/mol. The van der Waals surface area contributed by atoms with E-state index in [4.69, 9.17) is 0 Å². The summed E-state index contributed by atoms with van der Waals surface area (Å²) < 4.78 is 0. The van der Waals surface area contributed by atoms with Crippen molar-refractivity contribution in [2.45, 2.75) is 44.7 Å². The van der Waals surface area contributed by atoms with Gasteiger partial charge in [0.15, 0.2) is 0 Å². The van der Waals surface area contributed by atoms with E-state index in [2.05, 4.69) is 26.9 Å². The van der Waals surface area contributed by atoms with Crippen LogP contribution in [0, 0.1) is 0 Å². The molecule has 5 nitrogen and oxygen atoms in total. The van der Waals surface area contributed by atoms with Gasteiger partial charge in [-0.2, -0.15) is 0 Å². The van der Waals surface area contributed by atoms with Crippen molar-refractivity contribution in [1.29, 1.82) is 0 Å². The number of nitrogens with one attached hydrogen (secondary N) is 1. The maximum absolute atomic E-state index is 12.7. The zero-order chi connectivity index (χ0) is 14.7. The molecule has 2 atom stereocenters. The number of carbonyl (C=O) groups is 1. The van der Waals surface area contributed by atoms with Crippen molar-refractivity contribution in [3.8, 4) is 0 Å². The standard InChI is InChI=1S/C16H30N4O/c1-14-11-19-9-3-2-5-15(19)12-20(14)16(21)13-18-8-4-6-17-7-10-18/h14-15,17H,2-13H2,1H3. The van der Waals surface area contributed by atoms with Crippen molar-refractivity contribution in [1.82, 2.24) is 20.0 Å². The van der Waals surface area contributed by atoms with E-state index in [0.717, 1.165) is 45.7 Å². The van der Waals surface area contributed by atoms with Gasteiger partial charge in [0.05, 0.1) is 6.54 Å². The highest BCUT2D eigenvalue weighted by molar-refractivity contribution is 5.78. The van der Waals surface area contributed by atoms with Crippen LogP contribution in [0.15, 0.2) is 0 Å². The van der Waals surface area contributed by atoms with Crippen LogP contribution in [0.25, 0.3) is 0 Å². The van der Waals surface area contributed by atoms with E-state index in [1.54, 1.807) is 0 Å². The number of piperidine rings is 1. The minimum atomic E-state index is 0.342. The summed E-state index contributed by atoms with van der Waals surface area (Å²) in [5, 5.41) is 3.40. The molecule has 3 saturated heterocycles. The molecule has 0 aromatic carbocycles. The molecule has 21 heavy (non-hydrogen) atoms. The molecular weight excluding hydrogens is 264 g/mol. The molecule has 0 spiro atoms. The van der Waals surface area contributed by atoms with Crippen LogP contribution in [0.1, 0.15) is 32.6 Å². The Labute approximate surface area is 128 Å². The summed E-state index contributed by atoms with van der Waals surface area (Å²) in [4.78, 5) is 19.8. The first-order valence-corrected chi connectivity index (χ1v) is 8.70. The van der Waals surface area contributed by atoms with Gasteiger partial charge in [-0.15, -0.1) is 0 Å². The van der Waals surface area contributed by atoms with E-state index in [-0.39, 0.29) is 0 Å². The molecule has 1 amide bonds. The highest BCUT2D eigenvalue weighted by atomic mass is 16.2. The van der Waals surface area contributed by atoms with Crippen molar-refractivity contribution in [3.63, 3.8) is 0 Å². The second-order valence-electron chi connectivity index (χ2n) is 6.92. The summed E-state index contributed by atoms with van der Waals surface area (Å²) in [5.41, 5.74) is 0. The van der Waals surface area contributed by atoms with Gasteiger partial charge in [0.2, 0.25) is 5.91 Å². The Morgan fingerprint density at radius 1 is 1.10 bits per heavy atom. The fourth-order valence-corrected chi connectivity index (χ4v) is 4.04. The molecule has 3 fully saturated rings. The molecule has 0 saturated carbocycles. The van der Waals surface area contributed by atoms with Gasteiger partial charge in [-0.25, -0.2) is 0 Å². The lowest BCUT2D eigenvalue weighted by Crippen LogP contribution is -2.61. The van der Waals surface area contributed by atoms with E-state index >= 15 is 0 Å². The fraction of sp³-hybridized carbons (Fsp3) is 0.938. The van der Waals surface area contributed by atoms with E-state index in [9.17, 15) is 4.79 Å². The SMILES string of the molecule is CC1CN2CCCCC2CN1C(=O)CN1CCCNCC1. The Balaban J connectivity index is 1.55. The minimum absolute atomic E-state index is 0.342. The molecule has 3 heterocycles. The average Bonchev–Trinajstić information content (AvgIpc) is 2.75. The Bertz CT molecular complexity index is 354. The Morgan fingerprint density at radius 3 is 2.90 bits per heavy atom. The van der Waals surface area contributed by atoms with Gasteiger partial charge in [-0.05, 0) is 45.8 Å². The second kappa shape index (κ2) is 7.07. The van der Waals surface area contributed by atoms with Crippen LogP contribution >= 0.6 is 0 Å². The van der Waals surface area contributed by atoms with Gasteiger partial charge in [-0.1, -0.05) is 6.42 Å². The number of amides is 1. The molecular formula is C16H30N4O. The number of fused-ring (bicyclic) bond motifs is 1. The average molecular weight is 294 g/mol. The van der Waals surface area contributed by atoms with Crippen molar-refractivity contribution in [2.24, 2.45) is 0 Å². The zero-order valence-corrected chi connectivity index (χ0v) is 13.4. The highest BCUT2D eigenvalue weighted by Gasteiger charge is 2.35. The topological polar surface area (TPSA) is 38.8 Å². The molecule has 3 rings (SSSR count). The summed E-state index contributed by atoms with van der Waals surface area (Å²) in [6.45, 7) is 10.2. The summed E-state index contributed by atoms with van der Waals surface area (Å²) >= 11 is 0. The number of nitrogens with zero attached hydrogens (tertiary/aromatic N) is 3. The molecule has 3 aliphatic heterocycles. The fourth-order valence-electron chi connectivity index (χ4n) is 4.04. The Hall–Kier alpha value is -0.650.